The molecule has 1 aliphatic rings. The molecule has 0 spiro atoms. The molecular weight excluding hydrogens is 505 g/mol. The molecule has 38 heavy (non-hydrogen) atoms. The van der Waals surface area contributed by atoms with Gasteiger partial charge in [0.2, 0.25) is 5.91 Å². The van der Waals surface area contributed by atoms with Gasteiger partial charge in [0.15, 0.2) is 11.4 Å². The Morgan fingerprint density at radius 1 is 1.08 bits per heavy atom. The number of likely N-dealkylation sites (tertiary alicyclic amines) is 1. The summed E-state index contributed by atoms with van der Waals surface area (Å²) in [5, 5.41) is 0. The molecule has 2 aromatic rings. The van der Waals surface area contributed by atoms with Gasteiger partial charge < -0.3 is 9.64 Å². The predicted octanol–water partition coefficient (Wildman–Crippen LogP) is 7.07. The van der Waals surface area contributed by atoms with E-state index in [9.17, 15) is 31.5 Å². The first-order valence-electron chi connectivity index (χ1n) is 12.5. The Morgan fingerprint density at radius 3 is 2.39 bits per heavy atom. The molecule has 2 aromatic carbocycles. The minimum absolute atomic E-state index is 0.0408. The maximum absolute atomic E-state index is 14.2. The molecule has 0 bridgehead atoms. The number of allylic oxidation sites excluding steroid dienone is 1. The van der Waals surface area contributed by atoms with Gasteiger partial charge in [-0.25, -0.2) is 0 Å². The number of ether oxygens (including phenoxy) is 1. The van der Waals surface area contributed by atoms with Crippen LogP contribution in [-0.2, 0) is 28.1 Å². The first-order chi connectivity index (χ1) is 17.7. The maximum Gasteiger partial charge on any atom is 0.416 e. The number of amides is 1. The number of carbonyl (C=O) groups excluding carboxylic acids is 2. The molecule has 1 heterocycles. The van der Waals surface area contributed by atoms with Crippen LogP contribution in [0.15, 0.2) is 55.1 Å². The largest absolute Gasteiger partial charge is 0.480 e. The average Bonchev–Trinajstić information content (AvgIpc) is 2.87. The molecular formula is C29H32F5NO3. The smallest absolute Gasteiger partial charge is 0.416 e. The van der Waals surface area contributed by atoms with Crippen molar-refractivity contribution in [3.8, 4) is 5.75 Å². The van der Waals surface area contributed by atoms with Crippen molar-refractivity contribution < 1.29 is 36.3 Å². The summed E-state index contributed by atoms with van der Waals surface area (Å²) in [7, 11) is 0. The number of Topliss-reactive ketones (excluding diaryl/α,β-unsaturated/α-hetero) is 1. The summed E-state index contributed by atoms with van der Waals surface area (Å²) in [6.07, 6.45) is -3.21. The van der Waals surface area contributed by atoms with Gasteiger partial charge in [0.25, 0.3) is 5.92 Å². The molecule has 0 saturated carbocycles. The lowest BCUT2D eigenvalue weighted by Crippen LogP contribution is -2.40. The fourth-order valence-electron chi connectivity index (χ4n) is 4.64. The zero-order valence-corrected chi connectivity index (χ0v) is 21.7. The molecule has 4 nitrogen and oxygen atoms in total. The zero-order valence-electron chi connectivity index (χ0n) is 21.7. The Bertz CT molecular complexity index is 1190. The summed E-state index contributed by atoms with van der Waals surface area (Å²) < 4.78 is 74.4. The Balaban J connectivity index is 1.78. The van der Waals surface area contributed by atoms with Crippen LogP contribution in [-0.4, -0.2) is 35.3 Å². The van der Waals surface area contributed by atoms with E-state index in [1.807, 2.05) is 18.2 Å². The fraction of sp³-hybridized carbons (Fsp3) is 0.448. The first kappa shape index (κ1) is 29.3. The van der Waals surface area contributed by atoms with E-state index in [0.717, 1.165) is 24.1 Å². The predicted molar refractivity (Wildman–Crippen MR) is 134 cm³/mol. The highest BCUT2D eigenvalue weighted by atomic mass is 19.4. The van der Waals surface area contributed by atoms with E-state index in [1.54, 1.807) is 31.7 Å². The van der Waals surface area contributed by atoms with E-state index in [2.05, 4.69) is 6.58 Å². The number of rotatable bonds is 9. The van der Waals surface area contributed by atoms with Crippen LogP contribution in [0.4, 0.5) is 22.0 Å². The normalized spacial score (nSPS) is 16.7. The number of piperidine rings is 1. The lowest BCUT2D eigenvalue weighted by Gasteiger charge is -2.33. The summed E-state index contributed by atoms with van der Waals surface area (Å²) in [6.45, 7) is 8.93. The Kier molecular flexibility index (Phi) is 8.68. The monoisotopic (exact) mass is 537 g/mol. The van der Waals surface area contributed by atoms with Crippen molar-refractivity contribution >= 4 is 11.7 Å². The lowest BCUT2D eigenvalue weighted by atomic mass is 9.90. The highest BCUT2D eigenvalue weighted by Crippen LogP contribution is 2.37. The Hall–Kier alpha value is -3.23. The fourth-order valence-corrected chi connectivity index (χ4v) is 4.64. The zero-order chi connectivity index (χ0) is 28.3. The SMILES string of the molecule is C=CC(F)(F)c1cc(CC(=O)N2CCCC(c3cccc(OC(C)(C)C(=O)CC)c3)C2)cc(C(F)(F)F)c1. The highest BCUT2D eigenvalue weighted by molar-refractivity contribution is 5.86. The quantitative estimate of drug-likeness (QED) is 0.254. The number of nitrogens with zero attached hydrogens (tertiary/aromatic N) is 1. The number of halogens is 5. The van der Waals surface area contributed by atoms with Gasteiger partial charge in [-0.2, -0.15) is 22.0 Å². The molecule has 0 radical (unpaired) electrons. The van der Waals surface area contributed by atoms with Crippen molar-refractivity contribution in [2.45, 2.75) is 70.1 Å². The van der Waals surface area contributed by atoms with Crippen molar-refractivity contribution in [3.63, 3.8) is 0 Å². The van der Waals surface area contributed by atoms with Crippen molar-refractivity contribution in [1.29, 1.82) is 0 Å². The summed E-state index contributed by atoms with van der Waals surface area (Å²) >= 11 is 0. The molecule has 1 fully saturated rings. The third kappa shape index (κ3) is 6.99. The van der Waals surface area contributed by atoms with Crippen LogP contribution >= 0.6 is 0 Å². The Morgan fingerprint density at radius 2 is 1.76 bits per heavy atom. The summed E-state index contributed by atoms with van der Waals surface area (Å²) in [5.41, 5.74) is -2.32. The Labute approximate surface area is 219 Å². The van der Waals surface area contributed by atoms with Gasteiger partial charge in [-0.3, -0.25) is 9.59 Å². The molecule has 0 aliphatic carbocycles. The second kappa shape index (κ2) is 11.3. The molecule has 1 aliphatic heterocycles. The summed E-state index contributed by atoms with van der Waals surface area (Å²) in [5.74, 6) is -3.68. The van der Waals surface area contributed by atoms with E-state index in [-0.39, 0.29) is 23.3 Å². The van der Waals surface area contributed by atoms with Crippen LogP contribution in [0.5, 0.6) is 5.75 Å². The minimum Gasteiger partial charge on any atom is -0.480 e. The number of benzene rings is 2. The molecule has 1 saturated heterocycles. The number of hydrogen-bond donors (Lipinski definition) is 0. The molecule has 1 amide bonds. The lowest BCUT2D eigenvalue weighted by molar-refractivity contribution is -0.138. The van der Waals surface area contributed by atoms with Crippen molar-refractivity contribution in [1.82, 2.24) is 4.90 Å². The van der Waals surface area contributed by atoms with E-state index in [4.69, 9.17) is 4.74 Å². The number of alkyl halides is 5. The third-order valence-electron chi connectivity index (χ3n) is 6.79. The molecule has 9 heteroatoms. The van der Waals surface area contributed by atoms with Crippen LogP contribution in [0.3, 0.4) is 0 Å². The number of carbonyl (C=O) groups is 2. The standard InChI is InChI=1S/C29H32F5NO3/c1-5-25(36)27(3,4)38-24-11-7-9-20(16-24)21-10-8-12-35(18-21)26(37)15-19-13-22(28(30,31)6-2)17-23(14-19)29(32,33)34/h6-7,9,11,13-14,16-17,21H,2,5,8,10,12,15,18H2,1,3-4H3. The topological polar surface area (TPSA) is 46.6 Å². The van der Waals surface area contributed by atoms with Crippen molar-refractivity contribution in [2.24, 2.45) is 0 Å². The van der Waals surface area contributed by atoms with Crippen molar-refractivity contribution in [3.05, 3.63) is 77.4 Å². The maximum atomic E-state index is 14.2. The van der Waals surface area contributed by atoms with Crippen LogP contribution in [0, 0.1) is 0 Å². The van der Waals surface area contributed by atoms with E-state index >= 15 is 0 Å². The average molecular weight is 538 g/mol. The van der Waals surface area contributed by atoms with Crippen LogP contribution < -0.4 is 4.74 Å². The second-order valence-corrected chi connectivity index (χ2v) is 10.1. The van der Waals surface area contributed by atoms with Crippen LogP contribution in [0.1, 0.15) is 68.2 Å². The van der Waals surface area contributed by atoms with E-state index in [1.165, 1.54) is 0 Å². The van der Waals surface area contributed by atoms with Gasteiger partial charge in [0, 0.05) is 31.0 Å². The summed E-state index contributed by atoms with van der Waals surface area (Å²) in [4.78, 5) is 26.8. The van der Waals surface area contributed by atoms with Gasteiger partial charge in [-0.1, -0.05) is 25.6 Å². The molecule has 0 aromatic heterocycles. The first-order valence-corrected chi connectivity index (χ1v) is 12.5. The van der Waals surface area contributed by atoms with Gasteiger partial charge in [0.1, 0.15) is 5.75 Å². The summed E-state index contributed by atoms with van der Waals surface area (Å²) in [6, 6.07) is 9.35. The molecule has 0 N–H and O–H groups in total. The minimum atomic E-state index is -4.84. The molecule has 3 rings (SSSR count). The molecule has 1 atom stereocenters. The number of ketones is 1. The van der Waals surface area contributed by atoms with E-state index < -0.39 is 41.2 Å². The molecule has 206 valence electrons. The van der Waals surface area contributed by atoms with E-state index in [0.29, 0.717) is 37.7 Å². The number of hydrogen-bond acceptors (Lipinski definition) is 3. The van der Waals surface area contributed by atoms with Gasteiger partial charge in [-0.05, 0) is 74.2 Å². The van der Waals surface area contributed by atoms with Crippen molar-refractivity contribution in [2.75, 3.05) is 13.1 Å². The van der Waals surface area contributed by atoms with Crippen LogP contribution in [0.25, 0.3) is 0 Å². The van der Waals surface area contributed by atoms with Gasteiger partial charge in [0.05, 0.1) is 12.0 Å². The van der Waals surface area contributed by atoms with Crippen LogP contribution in [0.2, 0.25) is 0 Å². The highest BCUT2D eigenvalue weighted by Gasteiger charge is 2.36. The second-order valence-electron chi connectivity index (χ2n) is 10.1. The third-order valence-corrected chi connectivity index (χ3v) is 6.79. The van der Waals surface area contributed by atoms with Gasteiger partial charge >= 0.3 is 6.18 Å². The molecule has 1 unspecified atom stereocenters. The van der Waals surface area contributed by atoms with Gasteiger partial charge in [-0.15, -0.1) is 0 Å².